The molecule has 19 heavy (non-hydrogen) atoms. The van der Waals surface area contributed by atoms with E-state index in [1.54, 1.807) is 24.3 Å². The van der Waals surface area contributed by atoms with Gasteiger partial charge in [-0.25, -0.2) is 0 Å². The van der Waals surface area contributed by atoms with Crippen LogP contribution >= 0.6 is 0 Å². The molecular formula is C16H14N2O. The second kappa shape index (κ2) is 6.36. The standard InChI is InChI=1S/C16H14N2O/c17-12-14-7-4-8-15(11-14)16(19)18-10-9-13-5-2-1-3-6-13/h1-8,11H,9-10H2,(H,18,19). The lowest BCUT2D eigenvalue weighted by Gasteiger charge is -2.05. The van der Waals surface area contributed by atoms with E-state index in [9.17, 15) is 4.79 Å². The zero-order valence-electron chi connectivity index (χ0n) is 10.5. The number of amides is 1. The maximum atomic E-state index is 11.9. The molecule has 0 fully saturated rings. The summed E-state index contributed by atoms with van der Waals surface area (Å²) in [6, 6.07) is 18.7. The number of nitrogens with one attached hydrogen (secondary N) is 1. The van der Waals surface area contributed by atoms with Crippen LogP contribution in [0.25, 0.3) is 0 Å². The van der Waals surface area contributed by atoms with Gasteiger partial charge < -0.3 is 5.32 Å². The summed E-state index contributed by atoms with van der Waals surface area (Å²) in [6.07, 6.45) is 0.796. The summed E-state index contributed by atoms with van der Waals surface area (Å²) in [5.41, 5.74) is 2.20. The second-order valence-electron chi connectivity index (χ2n) is 4.18. The van der Waals surface area contributed by atoms with Gasteiger partial charge in [0.15, 0.2) is 0 Å². The van der Waals surface area contributed by atoms with Crippen molar-refractivity contribution in [2.75, 3.05) is 6.54 Å². The maximum absolute atomic E-state index is 11.9. The molecule has 0 bridgehead atoms. The Labute approximate surface area is 112 Å². The first kappa shape index (κ1) is 12.8. The van der Waals surface area contributed by atoms with Gasteiger partial charge in [-0.1, -0.05) is 36.4 Å². The number of hydrogen-bond donors (Lipinski definition) is 1. The number of benzene rings is 2. The average Bonchev–Trinajstić information content (AvgIpc) is 2.48. The fourth-order valence-corrected chi connectivity index (χ4v) is 1.80. The predicted octanol–water partition coefficient (Wildman–Crippen LogP) is 2.53. The van der Waals surface area contributed by atoms with E-state index in [2.05, 4.69) is 5.32 Å². The molecule has 0 atom stereocenters. The van der Waals surface area contributed by atoms with Gasteiger partial charge in [0.2, 0.25) is 0 Å². The highest BCUT2D eigenvalue weighted by Gasteiger charge is 2.05. The Balaban J connectivity index is 1.89. The van der Waals surface area contributed by atoms with Crippen LogP contribution in [0.4, 0.5) is 0 Å². The molecule has 0 aromatic heterocycles. The summed E-state index contributed by atoms with van der Waals surface area (Å²) in [6.45, 7) is 0.583. The molecule has 3 heteroatoms. The number of nitriles is 1. The van der Waals surface area contributed by atoms with Crippen molar-refractivity contribution < 1.29 is 4.79 Å². The molecule has 2 aromatic carbocycles. The van der Waals surface area contributed by atoms with Crippen LogP contribution < -0.4 is 5.32 Å². The molecule has 1 N–H and O–H groups in total. The van der Waals surface area contributed by atoms with E-state index in [1.807, 2.05) is 36.4 Å². The SMILES string of the molecule is N#Cc1cccc(C(=O)NCCc2ccccc2)c1. The highest BCUT2D eigenvalue weighted by atomic mass is 16.1. The van der Waals surface area contributed by atoms with Gasteiger partial charge in [0.1, 0.15) is 0 Å². The quantitative estimate of drug-likeness (QED) is 0.906. The number of carbonyl (C=O) groups excluding carboxylic acids is 1. The van der Waals surface area contributed by atoms with E-state index in [-0.39, 0.29) is 5.91 Å². The summed E-state index contributed by atoms with van der Waals surface area (Å²) in [5.74, 6) is -0.145. The van der Waals surface area contributed by atoms with E-state index in [0.717, 1.165) is 6.42 Å². The molecule has 0 saturated carbocycles. The van der Waals surface area contributed by atoms with Crippen molar-refractivity contribution in [2.24, 2.45) is 0 Å². The summed E-state index contributed by atoms with van der Waals surface area (Å²) in [7, 11) is 0. The zero-order chi connectivity index (χ0) is 13.5. The van der Waals surface area contributed by atoms with Crippen LogP contribution in [-0.2, 0) is 6.42 Å². The smallest absolute Gasteiger partial charge is 0.251 e. The van der Waals surface area contributed by atoms with Crippen LogP contribution in [0.1, 0.15) is 21.5 Å². The van der Waals surface area contributed by atoms with Crippen LogP contribution in [0.5, 0.6) is 0 Å². The van der Waals surface area contributed by atoms with Crippen molar-refractivity contribution in [2.45, 2.75) is 6.42 Å². The highest BCUT2D eigenvalue weighted by Crippen LogP contribution is 2.04. The Kier molecular flexibility index (Phi) is 4.30. The summed E-state index contributed by atoms with van der Waals surface area (Å²) in [4.78, 5) is 11.9. The fourth-order valence-electron chi connectivity index (χ4n) is 1.80. The first-order valence-corrected chi connectivity index (χ1v) is 6.12. The molecule has 2 rings (SSSR count). The van der Waals surface area contributed by atoms with Crippen LogP contribution in [0.2, 0.25) is 0 Å². The molecule has 2 aromatic rings. The van der Waals surface area contributed by atoms with Crippen LogP contribution in [0, 0.1) is 11.3 Å². The molecule has 0 saturated heterocycles. The molecule has 0 aliphatic carbocycles. The van der Waals surface area contributed by atoms with Gasteiger partial charge in [-0.05, 0) is 30.2 Å². The Morgan fingerprint density at radius 3 is 2.63 bits per heavy atom. The molecule has 3 nitrogen and oxygen atoms in total. The van der Waals surface area contributed by atoms with Gasteiger partial charge in [-0.3, -0.25) is 4.79 Å². The number of nitrogens with zero attached hydrogens (tertiary/aromatic N) is 1. The summed E-state index contributed by atoms with van der Waals surface area (Å²) in [5, 5.41) is 11.6. The van der Waals surface area contributed by atoms with Crippen molar-refractivity contribution in [1.29, 1.82) is 5.26 Å². The molecule has 0 radical (unpaired) electrons. The minimum Gasteiger partial charge on any atom is -0.352 e. The van der Waals surface area contributed by atoms with Gasteiger partial charge in [0.05, 0.1) is 11.6 Å². The van der Waals surface area contributed by atoms with Gasteiger partial charge in [-0.2, -0.15) is 5.26 Å². The van der Waals surface area contributed by atoms with Gasteiger partial charge in [-0.15, -0.1) is 0 Å². The molecule has 0 aliphatic heterocycles. The minimum atomic E-state index is -0.145. The first-order chi connectivity index (χ1) is 9.29. The third-order valence-electron chi connectivity index (χ3n) is 2.80. The van der Waals surface area contributed by atoms with E-state index < -0.39 is 0 Å². The van der Waals surface area contributed by atoms with Gasteiger partial charge in [0, 0.05) is 12.1 Å². The average molecular weight is 250 g/mol. The number of rotatable bonds is 4. The normalized spacial score (nSPS) is 9.63. The lowest BCUT2D eigenvalue weighted by molar-refractivity contribution is 0.0954. The number of hydrogen-bond acceptors (Lipinski definition) is 2. The Hall–Kier alpha value is -2.60. The maximum Gasteiger partial charge on any atom is 0.251 e. The van der Waals surface area contributed by atoms with Crippen molar-refractivity contribution in [3.63, 3.8) is 0 Å². The third-order valence-corrected chi connectivity index (χ3v) is 2.80. The van der Waals surface area contributed by atoms with Crippen molar-refractivity contribution in [3.8, 4) is 6.07 Å². The molecule has 0 unspecified atom stereocenters. The number of carbonyl (C=O) groups is 1. The molecule has 0 spiro atoms. The van der Waals surface area contributed by atoms with E-state index in [4.69, 9.17) is 5.26 Å². The van der Waals surface area contributed by atoms with Crippen molar-refractivity contribution in [3.05, 3.63) is 71.3 Å². The Morgan fingerprint density at radius 1 is 1.11 bits per heavy atom. The Bertz CT molecular complexity index is 600. The van der Waals surface area contributed by atoms with Gasteiger partial charge in [0.25, 0.3) is 5.91 Å². The summed E-state index contributed by atoms with van der Waals surface area (Å²) >= 11 is 0. The van der Waals surface area contributed by atoms with Crippen LogP contribution in [0.3, 0.4) is 0 Å². The van der Waals surface area contributed by atoms with E-state index >= 15 is 0 Å². The van der Waals surface area contributed by atoms with Crippen LogP contribution in [0.15, 0.2) is 54.6 Å². The van der Waals surface area contributed by atoms with Crippen molar-refractivity contribution in [1.82, 2.24) is 5.32 Å². The zero-order valence-corrected chi connectivity index (χ0v) is 10.5. The first-order valence-electron chi connectivity index (χ1n) is 6.12. The van der Waals surface area contributed by atoms with E-state index in [0.29, 0.717) is 17.7 Å². The topological polar surface area (TPSA) is 52.9 Å². The van der Waals surface area contributed by atoms with Crippen LogP contribution in [-0.4, -0.2) is 12.5 Å². The molecular weight excluding hydrogens is 236 g/mol. The second-order valence-corrected chi connectivity index (χ2v) is 4.18. The molecule has 0 aliphatic rings. The minimum absolute atomic E-state index is 0.145. The van der Waals surface area contributed by atoms with Crippen molar-refractivity contribution >= 4 is 5.91 Å². The monoisotopic (exact) mass is 250 g/mol. The van der Waals surface area contributed by atoms with E-state index in [1.165, 1.54) is 5.56 Å². The summed E-state index contributed by atoms with van der Waals surface area (Å²) < 4.78 is 0. The highest BCUT2D eigenvalue weighted by molar-refractivity contribution is 5.94. The molecule has 0 heterocycles. The third kappa shape index (κ3) is 3.68. The molecule has 1 amide bonds. The Morgan fingerprint density at radius 2 is 1.89 bits per heavy atom. The lowest BCUT2D eigenvalue weighted by atomic mass is 10.1. The fraction of sp³-hybridized carbons (Fsp3) is 0.125. The largest absolute Gasteiger partial charge is 0.352 e. The lowest BCUT2D eigenvalue weighted by Crippen LogP contribution is -2.25. The van der Waals surface area contributed by atoms with Gasteiger partial charge >= 0.3 is 0 Å². The predicted molar refractivity (Wildman–Crippen MR) is 73.6 cm³/mol. The molecule has 94 valence electrons.